The molecule has 0 spiro atoms. The monoisotopic (exact) mass is 211 g/mol. The number of hydrogen-bond acceptors (Lipinski definition) is 3. The zero-order chi connectivity index (χ0) is 11.4. The van der Waals surface area contributed by atoms with Gasteiger partial charge in [-0.25, -0.2) is 4.79 Å². The molecule has 1 aromatic rings. The van der Waals surface area contributed by atoms with Gasteiger partial charge >= 0.3 is 11.7 Å². The van der Waals surface area contributed by atoms with Gasteiger partial charge in [-0.2, -0.15) is 4.39 Å². The molecule has 0 aromatic heterocycles. The van der Waals surface area contributed by atoms with Gasteiger partial charge in [-0.15, -0.1) is 0 Å². The van der Waals surface area contributed by atoms with Crippen LogP contribution in [0.4, 0.5) is 10.1 Å². The Balaban J connectivity index is 3.01. The third-order valence-electron chi connectivity index (χ3n) is 1.59. The summed E-state index contributed by atoms with van der Waals surface area (Å²) in [6.07, 6.45) is 1.97. The molecule has 6 heteroatoms. The highest BCUT2D eigenvalue weighted by Crippen LogP contribution is 2.18. The number of carboxylic acid groups (broad SMARTS) is 1. The average molecular weight is 211 g/mol. The van der Waals surface area contributed by atoms with Crippen LogP contribution < -0.4 is 0 Å². The van der Waals surface area contributed by atoms with E-state index in [2.05, 4.69) is 0 Å². The Morgan fingerprint density at radius 2 is 2.20 bits per heavy atom. The molecule has 0 heterocycles. The number of carboxylic acids is 1. The number of hydrogen-bond donors (Lipinski definition) is 1. The van der Waals surface area contributed by atoms with E-state index >= 15 is 0 Å². The molecule has 0 aliphatic rings. The Morgan fingerprint density at radius 1 is 1.53 bits per heavy atom. The number of nitro benzene ring substituents is 1. The second-order valence-electron chi connectivity index (χ2n) is 2.64. The molecule has 0 aliphatic heterocycles. The minimum atomic E-state index is -1.17. The van der Waals surface area contributed by atoms with Gasteiger partial charge in [0.2, 0.25) is 5.82 Å². The van der Waals surface area contributed by atoms with Gasteiger partial charge in [0.25, 0.3) is 0 Å². The first-order valence-corrected chi connectivity index (χ1v) is 3.85. The normalized spacial score (nSPS) is 10.5. The van der Waals surface area contributed by atoms with Gasteiger partial charge in [0, 0.05) is 12.1 Å². The molecule has 0 aliphatic carbocycles. The standard InChI is InChI=1S/C9H6FNO4/c10-7-5-6(2-4-9(12)13)1-3-8(7)11(14)15/h1-5H,(H,12,13)/b4-2+. The number of nitrogens with zero attached hydrogens (tertiary/aromatic N) is 1. The first-order chi connectivity index (χ1) is 7.00. The maximum absolute atomic E-state index is 13.0. The van der Waals surface area contributed by atoms with Crippen LogP contribution in [0, 0.1) is 15.9 Å². The maximum Gasteiger partial charge on any atom is 0.328 e. The summed E-state index contributed by atoms with van der Waals surface area (Å²) in [4.78, 5) is 19.5. The maximum atomic E-state index is 13.0. The average Bonchev–Trinajstić information content (AvgIpc) is 2.14. The van der Waals surface area contributed by atoms with E-state index in [1.807, 2.05) is 0 Å². The van der Waals surface area contributed by atoms with Crippen LogP contribution in [0.3, 0.4) is 0 Å². The first-order valence-electron chi connectivity index (χ1n) is 3.85. The van der Waals surface area contributed by atoms with Crippen molar-refractivity contribution in [2.24, 2.45) is 0 Å². The minimum absolute atomic E-state index is 0.250. The number of nitro groups is 1. The predicted octanol–water partition coefficient (Wildman–Crippen LogP) is 1.83. The Labute approximate surface area is 83.6 Å². The van der Waals surface area contributed by atoms with Crippen molar-refractivity contribution in [1.82, 2.24) is 0 Å². The van der Waals surface area contributed by atoms with Crippen molar-refractivity contribution >= 4 is 17.7 Å². The van der Waals surface area contributed by atoms with Crippen molar-refractivity contribution in [2.45, 2.75) is 0 Å². The van der Waals surface area contributed by atoms with Crippen LogP contribution >= 0.6 is 0 Å². The summed E-state index contributed by atoms with van der Waals surface area (Å²) in [7, 11) is 0. The summed E-state index contributed by atoms with van der Waals surface area (Å²) in [5, 5.41) is 18.6. The molecule has 0 fully saturated rings. The molecule has 78 valence electrons. The quantitative estimate of drug-likeness (QED) is 0.469. The Bertz CT molecular complexity index is 442. The molecule has 0 radical (unpaired) electrons. The Kier molecular flexibility index (Phi) is 3.12. The SMILES string of the molecule is O=C(O)/C=C/c1ccc([N+](=O)[O-])c(F)c1. The number of carbonyl (C=O) groups is 1. The van der Waals surface area contributed by atoms with Crippen LogP contribution in [0.25, 0.3) is 6.08 Å². The Hall–Kier alpha value is -2.24. The fourth-order valence-electron chi connectivity index (χ4n) is 0.942. The number of rotatable bonds is 3. The molecule has 0 unspecified atom stereocenters. The van der Waals surface area contributed by atoms with E-state index in [4.69, 9.17) is 5.11 Å². The van der Waals surface area contributed by atoms with E-state index in [1.54, 1.807) is 0 Å². The van der Waals surface area contributed by atoms with Crippen molar-refractivity contribution in [3.05, 3.63) is 45.8 Å². The molecule has 0 saturated carbocycles. The highest BCUT2D eigenvalue weighted by molar-refractivity contribution is 5.85. The highest BCUT2D eigenvalue weighted by Gasteiger charge is 2.12. The fourth-order valence-corrected chi connectivity index (χ4v) is 0.942. The summed E-state index contributed by atoms with van der Waals surface area (Å²) in [5.74, 6) is -2.17. The van der Waals surface area contributed by atoms with Crippen LogP contribution in [0.2, 0.25) is 0 Å². The van der Waals surface area contributed by atoms with Gasteiger partial charge in [0.1, 0.15) is 0 Å². The van der Waals surface area contributed by atoms with E-state index in [-0.39, 0.29) is 5.56 Å². The van der Waals surface area contributed by atoms with Crippen LogP contribution in [0.15, 0.2) is 24.3 Å². The molecule has 1 N–H and O–H groups in total. The molecule has 1 rings (SSSR count). The van der Waals surface area contributed by atoms with Gasteiger partial charge in [0.05, 0.1) is 4.92 Å². The van der Waals surface area contributed by atoms with Crippen LogP contribution in [-0.2, 0) is 4.79 Å². The molecular weight excluding hydrogens is 205 g/mol. The van der Waals surface area contributed by atoms with Gasteiger partial charge in [-0.3, -0.25) is 10.1 Å². The summed E-state index contributed by atoms with van der Waals surface area (Å²) in [6, 6.07) is 3.15. The molecule has 0 amide bonds. The third-order valence-corrected chi connectivity index (χ3v) is 1.59. The number of aliphatic carboxylic acids is 1. The van der Waals surface area contributed by atoms with E-state index in [0.717, 1.165) is 24.3 Å². The molecule has 5 nitrogen and oxygen atoms in total. The minimum Gasteiger partial charge on any atom is -0.478 e. The highest BCUT2D eigenvalue weighted by atomic mass is 19.1. The van der Waals surface area contributed by atoms with Gasteiger partial charge in [-0.1, -0.05) is 0 Å². The van der Waals surface area contributed by atoms with Crippen molar-refractivity contribution < 1.29 is 19.2 Å². The van der Waals surface area contributed by atoms with E-state index in [9.17, 15) is 19.3 Å². The molecule has 0 atom stereocenters. The molecule has 1 aromatic carbocycles. The number of benzene rings is 1. The molecule has 0 saturated heterocycles. The van der Waals surface area contributed by atoms with Crippen molar-refractivity contribution in [3.63, 3.8) is 0 Å². The van der Waals surface area contributed by atoms with Crippen molar-refractivity contribution in [3.8, 4) is 0 Å². The number of halogens is 1. The lowest BCUT2D eigenvalue weighted by Gasteiger charge is -1.95. The van der Waals surface area contributed by atoms with E-state index in [1.165, 1.54) is 6.07 Å². The predicted molar refractivity (Wildman–Crippen MR) is 49.7 cm³/mol. The lowest BCUT2D eigenvalue weighted by molar-refractivity contribution is -0.387. The summed E-state index contributed by atoms with van der Waals surface area (Å²) < 4.78 is 13.0. The second-order valence-corrected chi connectivity index (χ2v) is 2.64. The lowest BCUT2D eigenvalue weighted by atomic mass is 10.2. The summed E-state index contributed by atoms with van der Waals surface area (Å²) in [5.41, 5.74) is -0.386. The van der Waals surface area contributed by atoms with Crippen LogP contribution in [-0.4, -0.2) is 16.0 Å². The lowest BCUT2D eigenvalue weighted by Crippen LogP contribution is -1.92. The Morgan fingerprint density at radius 3 is 2.67 bits per heavy atom. The fraction of sp³-hybridized carbons (Fsp3) is 0. The van der Waals surface area contributed by atoms with Gasteiger partial charge in [0.15, 0.2) is 0 Å². The molecular formula is C9H6FNO4. The zero-order valence-corrected chi connectivity index (χ0v) is 7.38. The van der Waals surface area contributed by atoms with Gasteiger partial charge in [-0.05, 0) is 23.8 Å². The van der Waals surface area contributed by atoms with Crippen LogP contribution in [0.5, 0.6) is 0 Å². The molecule has 0 bridgehead atoms. The van der Waals surface area contributed by atoms with Crippen molar-refractivity contribution in [2.75, 3.05) is 0 Å². The smallest absolute Gasteiger partial charge is 0.328 e. The van der Waals surface area contributed by atoms with Gasteiger partial charge < -0.3 is 5.11 Å². The zero-order valence-electron chi connectivity index (χ0n) is 7.38. The first kappa shape index (κ1) is 10.8. The van der Waals surface area contributed by atoms with Crippen LogP contribution in [0.1, 0.15) is 5.56 Å². The van der Waals surface area contributed by atoms with E-state index in [0.29, 0.717) is 0 Å². The second kappa shape index (κ2) is 4.32. The third kappa shape index (κ3) is 2.87. The largest absolute Gasteiger partial charge is 0.478 e. The van der Waals surface area contributed by atoms with E-state index < -0.39 is 22.4 Å². The van der Waals surface area contributed by atoms with Crippen molar-refractivity contribution in [1.29, 1.82) is 0 Å². The topological polar surface area (TPSA) is 80.4 Å². The summed E-state index contributed by atoms with van der Waals surface area (Å²) >= 11 is 0. The molecule has 15 heavy (non-hydrogen) atoms. The summed E-state index contributed by atoms with van der Waals surface area (Å²) in [6.45, 7) is 0.